The summed E-state index contributed by atoms with van der Waals surface area (Å²) < 4.78 is 57.0. The van der Waals surface area contributed by atoms with Crippen molar-refractivity contribution in [3.8, 4) is 0 Å². The summed E-state index contributed by atoms with van der Waals surface area (Å²) in [4.78, 5) is 15.9. The van der Waals surface area contributed by atoms with Crippen LogP contribution in [-0.2, 0) is 21.2 Å². The lowest BCUT2D eigenvalue weighted by Gasteiger charge is -2.06. The minimum atomic E-state index is -4.25. The second-order valence-electron chi connectivity index (χ2n) is 7.06. The van der Waals surface area contributed by atoms with Crippen LogP contribution in [0.1, 0.15) is 5.56 Å². The average Bonchev–Trinajstić information content (AvgIpc) is 3.08. The minimum absolute atomic E-state index is 0.0752. The number of rotatable bonds is 6. The normalized spacial score (nSPS) is 11.6. The van der Waals surface area contributed by atoms with Crippen LogP contribution in [0.15, 0.2) is 76.4 Å². The average molecular weight is 520 g/mol. The van der Waals surface area contributed by atoms with Crippen molar-refractivity contribution in [2.45, 2.75) is 11.4 Å². The van der Waals surface area contributed by atoms with Gasteiger partial charge < -0.3 is 9.88 Å². The zero-order valence-corrected chi connectivity index (χ0v) is 18.8. The standard InChI is InChI=1S/C22H16BrF2N3O3S/c23-15-5-3-4-14(8-15)11-28-12-19(22-17(25)9-16(24)10-18(22)28)32(30,31)13-21(29)27-20-6-1-2-7-26-20/h1-10,12H,11,13H2,(H,26,27,29). The lowest BCUT2D eigenvalue weighted by atomic mass is 10.2. The lowest BCUT2D eigenvalue weighted by molar-refractivity contribution is -0.113. The largest absolute Gasteiger partial charge is 0.342 e. The zero-order chi connectivity index (χ0) is 22.9. The van der Waals surface area contributed by atoms with Gasteiger partial charge in [0, 0.05) is 29.5 Å². The van der Waals surface area contributed by atoms with Crippen molar-refractivity contribution in [2.75, 3.05) is 11.1 Å². The molecule has 0 aliphatic heterocycles. The topological polar surface area (TPSA) is 81.1 Å². The van der Waals surface area contributed by atoms with E-state index in [-0.39, 0.29) is 28.2 Å². The monoisotopic (exact) mass is 519 g/mol. The fraction of sp³-hybridized carbons (Fsp3) is 0.0909. The van der Waals surface area contributed by atoms with Gasteiger partial charge in [-0.1, -0.05) is 34.1 Å². The quantitative estimate of drug-likeness (QED) is 0.405. The van der Waals surface area contributed by atoms with Gasteiger partial charge in [0.25, 0.3) is 0 Å². The maximum Gasteiger partial charge on any atom is 0.241 e. The molecule has 0 fully saturated rings. The first-order valence-corrected chi connectivity index (χ1v) is 11.8. The number of hydrogen-bond acceptors (Lipinski definition) is 4. The number of hydrogen-bond donors (Lipinski definition) is 1. The van der Waals surface area contributed by atoms with Crippen molar-refractivity contribution >= 4 is 48.4 Å². The molecule has 2 aromatic carbocycles. The van der Waals surface area contributed by atoms with Crippen molar-refractivity contribution in [1.29, 1.82) is 0 Å². The molecule has 32 heavy (non-hydrogen) atoms. The highest BCUT2D eigenvalue weighted by molar-refractivity contribution is 9.10. The van der Waals surface area contributed by atoms with Crippen LogP contribution in [0.3, 0.4) is 0 Å². The van der Waals surface area contributed by atoms with Crippen LogP contribution in [0.25, 0.3) is 10.9 Å². The second-order valence-corrected chi connectivity index (χ2v) is 9.93. The molecule has 10 heteroatoms. The number of aromatic nitrogens is 2. The Balaban J connectivity index is 1.73. The van der Waals surface area contributed by atoms with Gasteiger partial charge in [0.1, 0.15) is 23.2 Å². The van der Waals surface area contributed by atoms with Gasteiger partial charge in [0.15, 0.2) is 9.84 Å². The minimum Gasteiger partial charge on any atom is -0.342 e. The molecule has 2 heterocycles. The van der Waals surface area contributed by atoms with Crippen molar-refractivity contribution in [2.24, 2.45) is 0 Å². The van der Waals surface area contributed by atoms with Gasteiger partial charge in [-0.2, -0.15) is 0 Å². The van der Waals surface area contributed by atoms with Gasteiger partial charge in [-0.3, -0.25) is 4.79 Å². The molecule has 0 spiro atoms. The van der Waals surface area contributed by atoms with E-state index in [4.69, 9.17) is 0 Å². The van der Waals surface area contributed by atoms with E-state index in [9.17, 15) is 22.0 Å². The molecule has 0 saturated carbocycles. The zero-order valence-electron chi connectivity index (χ0n) is 16.4. The number of sulfone groups is 1. The van der Waals surface area contributed by atoms with E-state index in [0.29, 0.717) is 6.07 Å². The summed E-state index contributed by atoms with van der Waals surface area (Å²) in [7, 11) is -4.25. The van der Waals surface area contributed by atoms with E-state index < -0.39 is 33.1 Å². The van der Waals surface area contributed by atoms with Crippen molar-refractivity contribution < 1.29 is 22.0 Å². The fourth-order valence-corrected chi connectivity index (χ4v) is 5.19. The van der Waals surface area contributed by atoms with Gasteiger partial charge in [0.05, 0.1) is 15.8 Å². The molecule has 0 saturated heterocycles. The van der Waals surface area contributed by atoms with Crippen LogP contribution in [0.2, 0.25) is 0 Å². The summed E-state index contributed by atoms with van der Waals surface area (Å²) in [6.07, 6.45) is 2.68. The summed E-state index contributed by atoms with van der Waals surface area (Å²) in [6, 6.07) is 13.7. The van der Waals surface area contributed by atoms with E-state index in [1.54, 1.807) is 24.3 Å². The molecule has 0 radical (unpaired) electrons. The van der Waals surface area contributed by atoms with Crippen LogP contribution >= 0.6 is 15.9 Å². The number of amides is 1. The molecular weight excluding hydrogens is 504 g/mol. The summed E-state index contributed by atoms with van der Waals surface area (Å²) >= 11 is 3.37. The van der Waals surface area contributed by atoms with E-state index in [1.807, 2.05) is 12.1 Å². The number of fused-ring (bicyclic) bond motifs is 1. The van der Waals surface area contributed by atoms with Crippen molar-refractivity contribution in [1.82, 2.24) is 9.55 Å². The first-order chi connectivity index (χ1) is 15.2. The van der Waals surface area contributed by atoms with Crippen LogP contribution < -0.4 is 5.32 Å². The molecule has 6 nitrogen and oxygen atoms in total. The number of pyridine rings is 1. The molecule has 1 N–H and O–H groups in total. The Labute approximate surface area is 190 Å². The number of halogens is 3. The summed E-state index contributed by atoms with van der Waals surface area (Å²) in [5.74, 6) is -3.40. The lowest BCUT2D eigenvalue weighted by Crippen LogP contribution is -2.23. The van der Waals surface area contributed by atoms with E-state index >= 15 is 0 Å². The molecule has 164 valence electrons. The number of carbonyl (C=O) groups excluding carboxylic acids is 1. The van der Waals surface area contributed by atoms with Crippen molar-refractivity contribution in [3.63, 3.8) is 0 Å². The van der Waals surface area contributed by atoms with Crippen LogP contribution in [0.4, 0.5) is 14.6 Å². The highest BCUT2D eigenvalue weighted by atomic mass is 79.9. The Morgan fingerprint density at radius 3 is 2.62 bits per heavy atom. The fourth-order valence-electron chi connectivity index (χ4n) is 3.37. The van der Waals surface area contributed by atoms with E-state index in [0.717, 1.165) is 16.1 Å². The van der Waals surface area contributed by atoms with Crippen LogP contribution in [0, 0.1) is 11.6 Å². The molecule has 0 aliphatic carbocycles. The number of carbonyl (C=O) groups is 1. The maximum absolute atomic E-state index is 14.7. The van der Waals surface area contributed by atoms with Crippen molar-refractivity contribution in [3.05, 3.63) is 88.7 Å². The maximum atomic E-state index is 14.7. The van der Waals surface area contributed by atoms with E-state index in [2.05, 4.69) is 26.2 Å². The van der Waals surface area contributed by atoms with Gasteiger partial charge in [-0.15, -0.1) is 0 Å². The van der Waals surface area contributed by atoms with Gasteiger partial charge in [-0.05, 0) is 35.9 Å². The van der Waals surface area contributed by atoms with E-state index in [1.165, 1.54) is 23.0 Å². The Kier molecular flexibility index (Phi) is 6.07. The van der Waals surface area contributed by atoms with Gasteiger partial charge in [0.2, 0.25) is 5.91 Å². The molecule has 0 unspecified atom stereocenters. The molecule has 0 bridgehead atoms. The molecule has 0 atom stereocenters. The summed E-state index contributed by atoms with van der Waals surface area (Å²) in [6.45, 7) is 0.175. The Hall–Kier alpha value is -3.11. The predicted molar refractivity (Wildman–Crippen MR) is 120 cm³/mol. The molecule has 0 aliphatic rings. The highest BCUT2D eigenvalue weighted by Crippen LogP contribution is 2.31. The number of anilines is 1. The molecule has 4 aromatic rings. The molecular formula is C22H16BrF2N3O3S. The second kappa shape index (κ2) is 8.79. The molecule has 2 aromatic heterocycles. The Morgan fingerprint density at radius 1 is 1.09 bits per heavy atom. The summed E-state index contributed by atoms with van der Waals surface area (Å²) in [5, 5.41) is 2.14. The Morgan fingerprint density at radius 2 is 1.91 bits per heavy atom. The molecule has 1 amide bonds. The smallest absolute Gasteiger partial charge is 0.241 e. The number of nitrogens with zero attached hydrogens (tertiary/aromatic N) is 2. The third-order valence-corrected chi connectivity index (χ3v) is 6.81. The van der Waals surface area contributed by atoms with Gasteiger partial charge >= 0.3 is 0 Å². The first-order valence-electron chi connectivity index (χ1n) is 9.39. The SMILES string of the molecule is O=C(CS(=O)(=O)c1cn(Cc2cccc(Br)c2)c2cc(F)cc(F)c12)Nc1ccccn1. The van der Waals surface area contributed by atoms with Crippen LogP contribution in [0.5, 0.6) is 0 Å². The number of benzene rings is 2. The number of nitrogens with one attached hydrogen (secondary N) is 1. The van der Waals surface area contributed by atoms with Gasteiger partial charge in [-0.25, -0.2) is 22.2 Å². The molecule has 4 rings (SSSR count). The van der Waals surface area contributed by atoms with Crippen LogP contribution in [-0.4, -0.2) is 29.6 Å². The first kappa shape index (κ1) is 22.1. The summed E-state index contributed by atoms with van der Waals surface area (Å²) in [5.41, 5.74) is 0.865. The third-order valence-electron chi connectivity index (χ3n) is 4.69. The Bertz CT molecular complexity index is 1420. The predicted octanol–water partition coefficient (Wildman–Crippen LogP) is 4.54. The highest BCUT2D eigenvalue weighted by Gasteiger charge is 2.27. The third kappa shape index (κ3) is 4.71.